The van der Waals surface area contributed by atoms with Crippen LogP contribution < -0.4 is 10.2 Å². The number of likely N-dealkylation sites (N-methyl/N-ethyl adjacent to an activating group) is 1. The molecule has 148 valence electrons. The molecule has 4 rings (SSSR count). The van der Waals surface area contributed by atoms with Crippen molar-refractivity contribution < 1.29 is 14.3 Å². The molecular weight excluding hydrogens is 368 g/mol. The van der Waals surface area contributed by atoms with E-state index in [4.69, 9.17) is 21.1 Å². The number of carbonyl (C=O) groups is 1. The Hall–Kier alpha value is -1.54. The second-order valence-corrected chi connectivity index (χ2v) is 7.77. The second kappa shape index (κ2) is 8.22. The van der Waals surface area contributed by atoms with Gasteiger partial charge >= 0.3 is 6.03 Å². The van der Waals surface area contributed by atoms with Crippen LogP contribution in [0.15, 0.2) is 18.2 Å². The van der Waals surface area contributed by atoms with Gasteiger partial charge in [-0.3, -0.25) is 0 Å². The topological polar surface area (TPSA) is 57.3 Å². The minimum absolute atomic E-state index is 0.0378. The maximum atomic E-state index is 12.9. The summed E-state index contributed by atoms with van der Waals surface area (Å²) < 4.78 is 11.3. The van der Waals surface area contributed by atoms with Crippen molar-refractivity contribution in [3.63, 3.8) is 0 Å². The number of hydrogen-bond acceptors (Lipinski definition) is 5. The molecule has 7 nitrogen and oxygen atoms in total. The summed E-state index contributed by atoms with van der Waals surface area (Å²) in [5.74, 6) is 0. The van der Waals surface area contributed by atoms with Crippen LogP contribution in [0.1, 0.15) is 6.92 Å². The fraction of sp³-hybridized carbons (Fsp3) is 0.632. The summed E-state index contributed by atoms with van der Waals surface area (Å²) in [6.45, 7) is 9.39. The van der Waals surface area contributed by atoms with Crippen LogP contribution in [-0.4, -0.2) is 87.1 Å². The molecule has 0 aromatic heterocycles. The number of amides is 2. The fourth-order valence-electron chi connectivity index (χ4n) is 3.99. The van der Waals surface area contributed by atoms with E-state index in [9.17, 15) is 4.79 Å². The number of anilines is 2. The van der Waals surface area contributed by atoms with Gasteiger partial charge in [0.2, 0.25) is 0 Å². The maximum Gasteiger partial charge on any atom is 0.322 e. The molecule has 3 fully saturated rings. The van der Waals surface area contributed by atoms with Gasteiger partial charge < -0.3 is 29.5 Å². The van der Waals surface area contributed by atoms with E-state index in [0.717, 1.165) is 44.1 Å². The van der Waals surface area contributed by atoms with Crippen molar-refractivity contribution in [1.29, 1.82) is 0 Å². The number of urea groups is 1. The molecule has 2 atom stereocenters. The van der Waals surface area contributed by atoms with Gasteiger partial charge in [0.25, 0.3) is 0 Å². The summed E-state index contributed by atoms with van der Waals surface area (Å²) in [5.41, 5.74) is 1.80. The summed E-state index contributed by atoms with van der Waals surface area (Å²) >= 11 is 6.22. The van der Waals surface area contributed by atoms with Gasteiger partial charge in [-0.05, 0) is 24.7 Å². The normalized spacial score (nSPS) is 26.1. The average molecular weight is 395 g/mol. The molecule has 1 N–H and O–H groups in total. The number of nitrogens with zero attached hydrogens (tertiary/aromatic N) is 3. The zero-order valence-electron chi connectivity index (χ0n) is 15.7. The quantitative estimate of drug-likeness (QED) is 0.851. The Balaban J connectivity index is 1.46. The largest absolute Gasteiger partial charge is 0.376 e. The second-order valence-electron chi connectivity index (χ2n) is 7.34. The van der Waals surface area contributed by atoms with E-state index in [1.165, 1.54) is 0 Å². The molecule has 0 aliphatic carbocycles. The minimum Gasteiger partial charge on any atom is -0.376 e. The van der Waals surface area contributed by atoms with Crippen molar-refractivity contribution in [1.82, 2.24) is 9.80 Å². The number of hydrogen-bond donors (Lipinski definition) is 1. The van der Waals surface area contributed by atoms with E-state index in [-0.39, 0.29) is 18.2 Å². The monoisotopic (exact) mass is 394 g/mol. The van der Waals surface area contributed by atoms with Crippen molar-refractivity contribution in [2.45, 2.75) is 19.1 Å². The number of carbonyl (C=O) groups excluding carboxylic acids is 1. The standard InChI is InChI=1S/C19H27ClN4O3/c1-2-22-5-7-23(8-6-22)18-4-3-14(20)9-17(18)21-19(25)24-10-15-12-26-13-16(11-24)27-15/h3-4,9,15-16H,2,5-8,10-13H2,1H3,(H,21,25). The first-order chi connectivity index (χ1) is 13.1. The molecule has 2 amide bonds. The molecule has 0 radical (unpaired) electrons. The first-order valence-corrected chi connectivity index (χ1v) is 10.1. The van der Waals surface area contributed by atoms with E-state index < -0.39 is 0 Å². The van der Waals surface area contributed by atoms with Crippen molar-refractivity contribution in [2.75, 3.05) is 69.2 Å². The Morgan fingerprint density at radius 1 is 1.19 bits per heavy atom. The summed E-state index contributed by atoms with van der Waals surface area (Å²) in [6.07, 6.45) is -0.0755. The van der Waals surface area contributed by atoms with Crippen LogP contribution in [0, 0.1) is 0 Å². The molecule has 0 spiro atoms. The smallest absolute Gasteiger partial charge is 0.322 e. The lowest BCUT2D eigenvalue weighted by molar-refractivity contribution is -0.170. The molecule has 27 heavy (non-hydrogen) atoms. The third-order valence-corrected chi connectivity index (χ3v) is 5.72. The van der Waals surface area contributed by atoms with Crippen LogP contribution in [0.25, 0.3) is 0 Å². The van der Waals surface area contributed by atoms with Gasteiger partial charge in [-0.2, -0.15) is 0 Å². The van der Waals surface area contributed by atoms with E-state index in [0.29, 0.717) is 31.3 Å². The van der Waals surface area contributed by atoms with Gasteiger partial charge in [0.05, 0.1) is 49.9 Å². The van der Waals surface area contributed by atoms with Crippen molar-refractivity contribution in [3.05, 3.63) is 23.2 Å². The number of fused-ring (bicyclic) bond motifs is 2. The van der Waals surface area contributed by atoms with Crippen LogP contribution in [0.4, 0.5) is 16.2 Å². The highest BCUT2D eigenvalue weighted by Crippen LogP contribution is 2.30. The van der Waals surface area contributed by atoms with Crippen molar-refractivity contribution in [3.8, 4) is 0 Å². The number of rotatable bonds is 3. The third kappa shape index (κ3) is 4.32. The lowest BCUT2D eigenvalue weighted by atomic mass is 10.2. The number of nitrogens with one attached hydrogen (secondary N) is 1. The molecule has 3 aliphatic heterocycles. The van der Waals surface area contributed by atoms with Gasteiger partial charge in [0, 0.05) is 31.2 Å². The predicted octanol–water partition coefficient (Wildman–Crippen LogP) is 2.11. The lowest BCUT2D eigenvalue weighted by Crippen LogP contribution is -2.56. The van der Waals surface area contributed by atoms with Crippen LogP contribution in [0.2, 0.25) is 5.02 Å². The molecule has 1 aromatic rings. The first kappa shape index (κ1) is 18.8. The molecule has 3 heterocycles. The summed E-state index contributed by atoms with van der Waals surface area (Å²) in [5, 5.41) is 3.70. The SMILES string of the molecule is CCN1CCN(c2ccc(Cl)cc2NC(=O)N2CC3COCC(C2)O3)CC1. The molecule has 2 unspecified atom stereocenters. The number of halogens is 1. The Bertz CT molecular complexity index is 669. The summed E-state index contributed by atoms with van der Waals surface area (Å²) in [6, 6.07) is 5.62. The number of ether oxygens (including phenoxy) is 2. The number of benzene rings is 1. The first-order valence-electron chi connectivity index (χ1n) is 9.68. The lowest BCUT2D eigenvalue weighted by Gasteiger charge is -2.41. The molecule has 2 bridgehead atoms. The van der Waals surface area contributed by atoms with Crippen LogP contribution in [-0.2, 0) is 9.47 Å². The Kier molecular flexibility index (Phi) is 5.73. The van der Waals surface area contributed by atoms with E-state index >= 15 is 0 Å². The fourth-order valence-corrected chi connectivity index (χ4v) is 4.16. The molecule has 8 heteroatoms. The Morgan fingerprint density at radius 3 is 2.56 bits per heavy atom. The average Bonchev–Trinajstić information content (AvgIpc) is 2.68. The van der Waals surface area contributed by atoms with Gasteiger partial charge in [0.15, 0.2) is 0 Å². The molecule has 3 saturated heterocycles. The molecule has 1 aromatic carbocycles. The highest BCUT2D eigenvalue weighted by atomic mass is 35.5. The predicted molar refractivity (Wildman–Crippen MR) is 106 cm³/mol. The van der Waals surface area contributed by atoms with Crippen LogP contribution in [0.3, 0.4) is 0 Å². The van der Waals surface area contributed by atoms with E-state index in [2.05, 4.69) is 22.0 Å². The van der Waals surface area contributed by atoms with Gasteiger partial charge in [-0.15, -0.1) is 0 Å². The Morgan fingerprint density at radius 2 is 1.89 bits per heavy atom. The van der Waals surface area contributed by atoms with Crippen LogP contribution in [0.5, 0.6) is 0 Å². The zero-order chi connectivity index (χ0) is 18.8. The third-order valence-electron chi connectivity index (χ3n) is 5.49. The summed E-state index contributed by atoms with van der Waals surface area (Å²) in [4.78, 5) is 19.5. The number of piperazine rings is 1. The maximum absolute atomic E-state index is 12.9. The molecule has 0 saturated carbocycles. The van der Waals surface area contributed by atoms with Crippen LogP contribution >= 0.6 is 11.6 Å². The van der Waals surface area contributed by atoms with Gasteiger partial charge in [-0.1, -0.05) is 18.5 Å². The zero-order valence-corrected chi connectivity index (χ0v) is 16.5. The highest BCUT2D eigenvalue weighted by Gasteiger charge is 2.34. The summed E-state index contributed by atoms with van der Waals surface area (Å²) in [7, 11) is 0. The highest BCUT2D eigenvalue weighted by molar-refractivity contribution is 6.31. The van der Waals surface area contributed by atoms with Crippen molar-refractivity contribution in [2.24, 2.45) is 0 Å². The van der Waals surface area contributed by atoms with Gasteiger partial charge in [0.1, 0.15) is 0 Å². The Labute approximate surface area is 165 Å². The van der Waals surface area contributed by atoms with E-state index in [1.54, 1.807) is 0 Å². The van der Waals surface area contributed by atoms with E-state index in [1.807, 2.05) is 23.1 Å². The number of morpholine rings is 1. The minimum atomic E-state index is -0.106. The van der Waals surface area contributed by atoms with Crippen molar-refractivity contribution >= 4 is 29.0 Å². The molecule has 3 aliphatic rings. The van der Waals surface area contributed by atoms with Gasteiger partial charge in [-0.25, -0.2) is 4.79 Å². The molecular formula is C19H27ClN4O3.